The van der Waals surface area contributed by atoms with Crippen molar-refractivity contribution in [1.29, 1.82) is 0 Å². The van der Waals surface area contributed by atoms with Crippen LogP contribution in [0.3, 0.4) is 0 Å². The van der Waals surface area contributed by atoms with Crippen LogP contribution in [-0.4, -0.2) is 25.0 Å². The summed E-state index contributed by atoms with van der Waals surface area (Å²) in [4.78, 5) is 4.02. The summed E-state index contributed by atoms with van der Waals surface area (Å²) in [5.41, 5.74) is 5.96. The Labute approximate surface area is 166 Å². The summed E-state index contributed by atoms with van der Waals surface area (Å²) >= 11 is 5.32. The van der Waals surface area contributed by atoms with Gasteiger partial charge in [-0.3, -0.25) is 4.98 Å². The molecule has 0 radical (unpaired) electrons. The van der Waals surface area contributed by atoms with E-state index in [-0.39, 0.29) is 0 Å². The number of nitrogens with zero attached hydrogens (tertiary/aromatic N) is 3. The van der Waals surface area contributed by atoms with E-state index in [1.807, 2.05) is 48.5 Å². The number of aliphatic hydroxyl groups excluding tert-OH is 1. The summed E-state index contributed by atoms with van der Waals surface area (Å²) in [6.45, 7) is 2.19. The predicted molar refractivity (Wildman–Crippen MR) is 108 cm³/mol. The molecule has 0 fully saturated rings. The minimum atomic E-state index is -0.487. The highest BCUT2D eigenvalue weighted by atomic mass is 32.1. The standard InChI is InChI=1S/C20H19N5O2S/c1-13(26)14-2-4-15(5-3-14)18-7-6-17(27-18)12-22-25-19(23-24-20(25)28)16-8-10-21-11-9-16/h2-11,13,22,26H,12H2,1H3,(H,24,28)/t13-/m0/s1. The van der Waals surface area contributed by atoms with Gasteiger partial charge in [-0.2, -0.15) is 5.10 Å². The zero-order valence-electron chi connectivity index (χ0n) is 15.2. The van der Waals surface area contributed by atoms with Crippen molar-refractivity contribution in [3.8, 4) is 22.7 Å². The smallest absolute Gasteiger partial charge is 0.214 e. The van der Waals surface area contributed by atoms with E-state index >= 15 is 0 Å². The molecule has 8 heteroatoms. The van der Waals surface area contributed by atoms with Crippen LogP contribution in [0.5, 0.6) is 0 Å². The summed E-state index contributed by atoms with van der Waals surface area (Å²) in [5.74, 6) is 2.20. The third-order valence-electron chi connectivity index (χ3n) is 4.36. The first kappa shape index (κ1) is 18.1. The SMILES string of the molecule is C[C@H](O)c1ccc(-c2ccc(CNn3c(-c4ccncc4)n[nH]c3=S)o2)cc1. The Morgan fingerprint density at radius 1 is 1.11 bits per heavy atom. The van der Waals surface area contributed by atoms with Crippen molar-refractivity contribution >= 4 is 12.2 Å². The maximum atomic E-state index is 9.62. The van der Waals surface area contributed by atoms with E-state index in [0.717, 1.165) is 28.2 Å². The monoisotopic (exact) mass is 393 g/mol. The highest BCUT2D eigenvalue weighted by molar-refractivity contribution is 7.71. The molecule has 1 aromatic carbocycles. The van der Waals surface area contributed by atoms with E-state index in [9.17, 15) is 5.11 Å². The maximum Gasteiger partial charge on any atom is 0.214 e. The van der Waals surface area contributed by atoms with Crippen molar-refractivity contribution < 1.29 is 9.52 Å². The third kappa shape index (κ3) is 3.73. The second kappa shape index (κ2) is 7.79. The Hall–Kier alpha value is -3.23. The molecule has 3 N–H and O–H groups in total. The molecule has 4 rings (SSSR count). The lowest BCUT2D eigenvalue weighted by atomic mass is 10.1. The van der Waals surface area contributed by atoms with Crippen LogP contribution in [-0.2, 0) is 6.54 Å². The Balaban J connectivity index is 1.50. The summed E-state index contributed by atoms with van der Waals surface area (Å²) in [6.07, 6.45) is 2.93. The van der Waals surface area contributed by atoms with Gasteiger partial charge in [-0.25, -0.2) is 9.77 Å². The number of hydrogen-bond donors (Lipinski definition) is 3. The largest absolute Gasteiger partial charge is 0.459 e. The Kier molecular flexibility index (Phi) is 5.05. The second-order valence-electron chi connectivity index (χ2n) is 6.32. The van der Waals surface area contributed by atoms with Gasteiger partial charge in [-0.05, 0) is 49.0 Å². The van der Waals surface area contributed by atoms with Crippen LogP contribution in [0.2, 0.25) is 0 Å². The number of hydrogen-bond acceptors (Lipinski definition) is 6. The highest BCUT2D eigenvalue weighted by Gasteiger charge is 2.10. The number of pyridine rings is 1. The average Bonchev–Trinajstić information content (AvgIpc) is 3.34. The van der Waals surface area contributed by atoms with Crippen molar-refractivity contribution in [3.63, 3.8) is 0 Å². The molecule has 3 aromatic heterocycles. The van der Waals surface area contributed by atoms with E-state index in [1.165, 1.54) is 0 Å². The lowest BCUT2D eigenvalue weighted by Crippen LogP contribution is -2.15. The summed E-state index contributed by atoms with van der Waals surface area (Å²) < 4.78 is 8.12. The predicted octanol–water partition coefficient (Wildman–Crippen LogP) is 4.06. The van der Waals surface area contributed by atoms with Crippen molar-refractivity contribution in [2.45, 2.75) is 19.6 Å². The molecule has 0 aliphatic carbocycles. The lowest BCUT2D eigenvalue weighted by Gasteiger charge is -2.08. The minimum Gasteiger partial charge on any atom is -0.459 e. The number of benzene rings is 1. The highest BCUT2D eigenvalue weighted by Crippen LogP contribution is 2.24. The van der Waals surface area contributed by atoms with Gasteiger partial charge in [0.25, 0.3) is 0 Å². The number of H-pyrrole nitrogens is 1. The van der Waals surface area contributed by atoms with E-state index < -0.39 is 6.10 Å². The first-order chi connectivity index (χ1) is 13.6. The molecular formula is C20H19N5O2S. The molecule has 0 unspecified atom stereocenters. The summed E-state index contributed by atoms with van der Waals surface area (Å²) in [7, 11) is 0. The first-order valence-electron chi connectivity index (χ1n) is 8.80. The maximum absolute atomic E-state index is 9.62. The van der Waals surface area contributed by atoms with Crippen molar-refractivity contribution in [3.05, 3.63) is 77.0 Å². The lowest BCUT2D eigenvalue weighted by molar-refractivity contribution is 0.199. The molecule has 0 bridgehead atoms. The molecule has 142 valence electrons. The van der Waals surface area contributed by atoms with E-state index in [1.54, 1.807) is 24.0 Å². The molecule has 0 amide bonds. The number of aromatic nitrogens is 4. The van der Waals surface area contributed by atoms with E-state index in [4.69, 9.17) is 16.6 Å². The summed E-state index contributed by atoms with van der Waals surface area (Å²) in [6, 6.07) is 15.2. The van der Waals surface area contributed by atoms with Crippen LogP contribution < -0.4 is 5.43 Å². The zero-order chi connectivity index (χ0) is 19.5. The van der Waals surface area contributed by atoms with E-state index in [0.29, 0.717) is 17.1 Å². The molecule has 1 atom stereocenters. The normalized spacial score (nSPS) is 12.1. The van der Waals surface area contributed by atoms with Gasteiger partial charge in [0.05, 0.1) is 12.6 Å². The molecule has 0 aliphatic heterocycles. The third-order valence-corrected chi connectivity index (χ3v) is 4.64. The van der Waals surface area contributed by atoms with Crippen LogP contribution in [0.15, 0.2) is 65.3 Å². The zero-order valence-corrected chi connectivity index (χ0v) is 16.0. The van der Waals surface area contributed by atoms with Crippen molar-refractivity contribution in [2.24, 2.45) is 0 Å². The molecule has 28 heavy (non-hydrogen) atoms. The summed E-state index contributed by atoms with van der Waals surface area (Å²) in [5, 5.41) is 16.7. The topological polar surface area (TPSA) is 91.9 Å². The number of rotatable bonds is 6. The van der Waals surface area contributed by atoms with Crippen molar-refractivity contribution in [1.82, 2.24) is 19.9 Å². The van der Waals surface area contributed by atoms with Gasteiger partial charge in [0.1, 0.15) is 11.5 Å². The average molecular weight is 393 g/mol. The van der Waals surface area contributed by atoms with Gasteiger partial charge in [0.2, 0.25) is 4.77 Å². The molecule has 3 heterocycles. The van der Waals surface area contributed by atoms with Crippen molar-refractivity contribution in [2.75, 3.05) is 5.43 Å². The second-order valence-corrected chi connectivity index (χ2v) is 6.71. The van der Waals surface area contributed by atoms with Gasteiger partial charge < -0.3 is 14.9 Å². The number of aliphatic hydroxyl groups is 1. The van der Waals surface area contributed by atoms with Gasteiger partial charge in [0, 0.05) is 23.5 Å². The van der Waals surface area contributed by atoms with Crippen LogP contribution in [0, 0.1) is 4.77 Å². The quantitative estimate of drug-likeness (QED) is 0.428. The fourth-order valence-electron chi connectivity index (χ4n) is 2.85. The van der Waals surface area contributed by atoms with Gasteiger partial charge in [0.15, 0.2) is 5.82 Å². The Morgan fingerprint density at radius 3 is 2.57 bits per heavy atom. The fourth-order valence-corrected chi connectivity index (χ4v) is 3.05. The fraction of sp³-hybridized carbons (Fsp3) is 0.150. The molecule has 0 aliphatic rings. The molecule has 4 aromatic rings. The number of furan rings is 1. The van der Waals surface area contributed by atoms with Crippen LogP contribution in [0.25, 0.3) is 22.7 Å². The van der Waals surface area contributed by atoms with Crippen LogP contribution in [0.1, 0.15) is 24.4 Å². The molecular weight excluding hydrogens is 374 g/mol. The number of aromatic amines is 1. The minimum absolute atomic E-state index is 0.442. The molecule has 7 nitrogen and oxygen atoms in total. The van der Waals surface area contributed by atoms with Gasteiger partial charge in [-0.1, -0.05) is 24.3 Å². The van der Waals surface area contributed by atoms with Gasteiger partial charge in [-0.15, -0.1) is 0 Å². The molecule has 0 saturated heterocycles. The van der Waals surface area contributed by atoms with Crippen LogP contribution in [0.4, 0.5) is 0 Å². The Bertz CT molecular complexity index is 1110. The van der Waals surface area contributed by atoms with Gasteiger partial charge >= 0.3 is 0 Å². The molecule has 0 saturated carbocycles. The first-order valence-corrected chi connectivity index (χ1v) is 9.21. The Morgan fingerprint density at radius 2 is 1.86 bits per heavy atom. The number of nitrogens with one attached hydrogen (secondary N) is 2. The van der Waals surface area contributed by atoms with Crippen LogP contribution >= 0.6 is 12.2 Å². The van der Waals surface area contributed by atoms with E-state index in [2.05, 4.69) is 20.6 Å². The molecule has 0 spiro atoms.